The fraction of sp³-hybridized carbons (Fsp3) is 0.588. The molecule has 1 fully saturated rings. The van der Waals surface area contributed by atoms with Crippen LogP contribution in [-0.2, 0) is 0 Å². The van der Waals surface area contributed by atoms with Crippen molar-refractivity contribution in [2.75, 3.05) is 26.2 Å². The summed E-state index contributed by atoms with van der Waals surface area (Å²) in [6.07, 6.45) is 3.40. The Labute approximate surface area is 128 Å². The van der Waals surface area contributed by atoms with E-state index in [1.807, 2.05) is 12.1 Å². The summed E-state index contributed by atoms with van der Waals surface area (Å²) in [5.74, 6) is 2.33. The molecule has 0 radical (unpaired) electrons. The number of nitrogens with two attached hydrogens (primary N) is 1. The van der Waals surface area contributed by atoms with Gasteiger partial charge in [0.1, 0.15) is 5.75 Å². The quantitative estimate of drug-likeness (QED) is 0.515. The summed E-state index contributed by atoms with van der Waals surface area (Å²) in [6.45, 7) is 7.82. The molecule has 1 atom stereocenters. The van der Waals surface area contributed by atoms with Gasteiger partial charge in [-0.2, -0.15) is 0 Å². The summed E-state index contributed by atoms with van der Waals surface area (Å²) in [5, 5.41) is 0. The molecular weight excluding hydrogens is 262 g/mol. The topological polar surface area (TPSA) is 50.9 Å². The highest BCUT2D eigenvalue weighted by molar-refractivity contribution is 5.78. The summed E-state index contributed by atoms with van der Waals surface area (Å²) < 4.78 is 5.68. The van der Waals surface area contributed by atoms with E-state index in [1.54, 1.807) is 0 Å². The van der Waals surface area contributed by atoms with Gasteiger partial charge >= 0.3 is 0 Å². The lowest BCUT2D eigenvalue weighted by atomic mass is 10.0. The van der Waals surface area contributed by atoms with Crippen molar-refractivity contribution in [2.45, 2.75) is 33.1 Å². The van der Waals surface area contributed by atoms with Crippen LogP contribution in [0.3, 0.4) is 0 Å². The second-order valence-electron chi connectivity index (χ2n) is 5.95. The molecule has 1 aliphatic heterocycles. The molecule has 21 heavy (non-hydrogen) atoms. The lowest BCUT2D eigenvalue weighted by Gasteiger charge is -2.31. The fourth-order valence-electron chi connectivity index (χ4n) is 2.58. The van der Waals surface area contributed by atoms with Crippen molar-refractivity contribution in [2.24, 2.45) is 16.6 Å². The first-order valence-corrected chi connectivity index (χ1v) is 7.89. The number of benzene rings is 1. The van der Waals surface area contributed by atoms with Crippen LogP contribution in [0.1, 0.15) is 31.7 Å². The Morgan fingerprint density at radius 3 is 2.86 bits per heavy atom. The van der Waals surface area contributed by atoms with Crippen molar-refractivity contribution < 1.29 is 4.74 Å². The van der Waals surface area contributed by atoms with E-state index in [2.05, 4.69) is 35.9 Å². The molecule has 2 N–H and O–H groups in total. The first-order chi connectivity index (χ1) is 10.1. The number of hydrogen-bond acceptors (Lipinski definition) is 2. The maximum Gasteiger partial charge on any atom is 0.191 e. The Kier molecular flexibility index (Phi) is 5.90. The number of aliphatic imine (C=N–C) groups is 1. The van der Waals surface area contributed by atoms with Gasteiger partial charge in [-0.3, -0.25) is 4.99 Å². The average molecular weight is 289 g/mol. The highest BCUT2D eigenvalue weighted by atomic mass is 16.5. The average Bonchev–Trinajstić information content (AvgIpc) is 2.48. The van der Waals surface area contributed by atoms with Crippen molar-refractivity contribution in [3.05, 3.63) is 29.8 Å². The molecule has 4 nitrogen and oxygen atoms in total. The van der Waals surface area contributed by atoms with Gasteiger partial charge < -0.3 is 15.4 Å². The molecule has 2 rings (SSSR count). The van der Waals surface area contributed by atoms with E-state index >= 15 is 0 Å². The number of nitrogens with zero attached hydrogens (tertiary/aromatic N) is 2. The van der Waals surface area contributed by atoms with E-state index < -0.39 is 0 Å². The third kappa shape index (κ3) is 5.29. The Bertz CT molecular complexity index is 456. The molecule has 1 heterocycles. The maximum atomic E-state index is 6.06. The van der Waals surface area contributed by atoms with Crippen LogP contribution < -0.4 is 10.5 Å². The number of rotatable bonds is 5. The molecule has 1 unspecified atom stereocenters. The zero-order valence-electron chi connectivity index (χ0n) is 13.2. The number of guanidine groups is 1. The van der Waals surface area contributed by atoms with Crippen LogP contribution in [0.2, 0.25) is 0 Å². The Balaban J connectivity index is 1.66. The zero-order valence-corrected chi connectivity index (χ0v) is 13.2. The van der Waals surface area contributed by atoms with Gasteiger partial charge in [0.15, 0.2) is 5.96 Å². The Morgan fingerprint density at radius 2 is 2.14 bits per heavy atom. The normalized spacial score (nSPS) is 19.6. The van der Waals surface area contributed by atoms with Gasteiger partial charge in [-0.05, 0) is 37.8 Å². The Morgan fingerprint density at radius 1 is 1.38 bits per heavy atom. The molecule has 0 bridgehead atoms. The van der Waals surface area contributed by atoms with Crippen molar-refractivity contribution in [1.29, 1.82) is 0 Å². The van der Waals surface area contributed by atoms with Gasteiger partial charge in [-0.1, -0.05) is 24.6 Å². The van der Waals surface area contributed by atoms with Gasteiger partial charge in [-0.15, -0.1) is 0 Å². The minimum atomic E-state index is 0.677. The molecule has 0 saturated carbocycles. The minimum Gasteiger partial charge on any atom is -0.494 e. The Hall–Kier alpha value is -1.71. The molecule has 1 saturated heterocycles. The third-order valence-corrected chi connectivity index (χ3v) is 3.85. The summed E-state index contributed by atoms with van der Waals surface area (Å²) in [5.41, 5.74) is 7.30. The van der Waals surface area contributed by atoms with Crippen molar-refractivity contribution >= 4 is 5.96 Å². The summed E-state index contributed by atoms with van der Waals surface area (Å²) in [4.78, 5) is 6.67. The van der Waals surface area contributed by atoms with Crippen molar-refractivity contribution in [1.82, 2.24) is 4.90 Å². The van der Waals surface area contributed by atoms with Crippen LogP contribution in [0, 0.1) is 12.8 Å². The molecule has 1 aromatic carbocycles. The third-order valence-electron chi connectivity index (χ3n) is 3.85. The number of aryl methyl sites for hydroxylation is 1. The monoisotopic (exact) mass is 289 g/mol. The first-order valence-electron chi connectivity index (χ1n) is 7.89. The van der Waals surface area contributed by atoms with E-state index in [0.717, 1.165) is 37.7 Å². The van der Waals surface area contributed by atoms with Crippen molar-refractivity contribution in [3.63, 3.8) is 0 Å². The molecule has 0 amide bonds. The molecule has 116 valence electrons. The van der Waals surface area contributed by atoms with Gasteiger partial charge in [0.05, 0.1) is 6.61 Å². The molecular formula is C17H27N3O. The van der Waals surface area contributed by atoms with Gasteiger partial charge in [0.2, 0.25) is 0 Å². The summed E-state index contributed by atoms with van der Waals surface area (Å²) in [7, 11) is 0. The van der Waals surface area contributed by atoms with E-state index in [0.29, 0.717) is 12.6 Å². The van der Waals surface area contributed by atoms with Crippen LogP contribution in [0.25, 0.3) is 0 Å². The van der Waals surface area contributed by atoms with Crippen LogP contribution >= 0.6 is 0 Å². The smallest absolute Gasteiger partial charge is 0.191 e. The van der Waals surface area contributed by atoms with Crippen LogP contribution in [0.5, 0.6) is 5.75 Å². The highest BCUT2D eigenvalue weighted by Gasteiger charge is 2.17. The number of piperidine rings is 1. The minimum absolute atomic E-state index is 0.677. The summed E-state index contributed by atoms with van der Waals surface area (Å²) in [6, 6.07) is 8.12. The first kappa shape index (κ1) is 15.7. The second-order valence-corrected chi connectivity index (χ2v) is 5.95. The lowest BCUT2D eigenvalue weighted by Crippen LogP contribution is -2.43. The molecule has 1 aromatic rings. The van der Waals surface area contributed by atoms with Gasteiger partial charge in [0.25, 0.3) is 0 Å². The number of ether oxygens (including phenoxy) is 1. The zero-order chi connectivity index (χ0) is 15.1. The predicted molar refractivity (Wildman–Crippen MR) is 87.8 cm³/mol. The number of hydrogen-bond donors (Lipinski definition) is 1. The fourth-order valence-corrected chi connectivity index (χ4v) is 2.58. The van der Waals surface area contributed by atoms with E-state index in [1.165, 1.54) is 18.4 Å². The highest BCUT2D eigenvalue weighted by Crippen LogP contribution is 2.15. The SMILES string of the molecule is Cc1ccc(OCCCN=C(N)N2CCCC(C)C2)cc1. The second kappa shape index (κ2) is 7.91. The van der Waals surface area contributed by atoms with E-state index in [9.17, 15) is 0 Å². The summed E-state index contributed by atoms with van der Waals surface area (Å²) >= 11 is 0. The van der Waals surface area contributed by atoms with Crippen LogP contribution in [0.4, 0.5) is 0 Å². The van der Waals surface area contributed by atoms with Crippen LogP contribution in [0.15, 0.2) is 29.3 Å². The maximum absolute atomic E-state index is 6.06. The molecule has 0 aromatic heterocycles. The lowest BCUT2D eigenvalue weighted by molar-refractivity contribution is 0.269. The molecule has 0 spiro atoms. The van der Waals surface area contributed by atoms with Gasteiger partial charge in [-0.25, -0.2) is 0 Å². The van der Waals surface area contributed by atoms with Crippen LogP contribution in [-0.4, -0.2) is 37.1 Å². The molecule has 1 aliphatic rings. The van der Waals surface area contributed by atoms with E-state index in [4.69, 9.17) is 10.5 Å². The standard InChI is InChI=1S/C17H27N3O/c1-14-6-8-16(9-7-14)21-12-4-10-19-17(18)20-11-3-5-15(2)13-20/h6-9,15H,3-5,10-13H2,1-2H3,(H2,18,19). The van der Waals surface area contributed by atoms with E-state index in [-0.39, 0.29) is 0 Å². The predicted octanol–water partition coefficient (Wildman–Crippen LogP) is 2.81. The van der Waals surface area contributed by atoms with Gasteiger partial charge in [0, 0.05) is 26.1 Å². The number of likely N-dealkylation sites (tertiary alicyclic amines) is 1. The molecule has 4 heteroatoms. The largest absolute Gasteiger partial charge is 0.494 e. The molecule has 0 aliphatic carbocycles. The van der Waals surface area contributed by atoms with Crippen molar-refractivity contribution in [3.8, 4) is 5.75 Å².